The van der Waals surface area contributed by atoms with Crippen molar-refractivity contribution >= 4 is 5.97 Å². The van der Waals surface area contributed by atoms with E-state index in [-0.39, 0.29) is 0 Å². The largest absolute Gasteiger partial charge is 0.490 e. The Morgan fingerprint density at radius 2 is 1.38 bits per heavy atom. The normalized spacial score (nSPS) is 15.2. The third kappa shape index (κ3) is 2.00. The Kier molecular flexibility index (Phi) is 2.83. The molecule has 5 heteroatoms. The van der Waals surface area contributed by atoms with Crippen molar-refractivity contribution in [3.63, 3.8) is 0 Å². The first-order valence-electron chi connectivity index (χ1n) is 6.33. The van der Waals surface area contributed by atoms with Crippen molar-refractivity contribution in [1.82, 2.24) is 0 Å². The predicted molar refractivity (Wildman–Crippen MR) is 70.5 cm³/mol. The van der Waals surface area contributed by atoms with Gasteiger partial charge in [0.1, 0.15) is 0 Å². The number of ether oxygens (including phenoxy) is 1. The van der Waals surface area contributed by atoms with Gasteiger partial charge in [-0.3, -0.25) is 0 Å². The minimum Gasteiger partial charge on any atom is -0.443 e. The summed E-state index contributed by atoms with van der Waals surface area (Å²) < 4.78 is 42.5. The number of halogens is 3. The highest BCUT2D eigenvalue weighted by Crippen LogP contribution is 2.49. The van der Waals surface area contributed by atoms with Gasteiger partial charge in [0.05, 0.1) is 0 Å². The molecule has 21 heavy (non-hydrogen) atoms. The molecule has 0 atom stereocenters. The highest BCUT2D eigenvalue weighted by molar-refractivity contribution is 5.83. The van der Waals surface area contributed by atoms with Crippen molar-refractivity contribution in [2.75, 3.05) is 0 Å². The smallest absolute Gasteiger partial charge is 0.443 e. The summed E-state index contributed by atoms with van der Waals surface area (Å²) in [6.07, 6.45) is -5.02. The van der Waals surface area contributed by atoms with Crippen LogP contribution >= 0.6 is 0 Å². The summed E-state index contributed by atoms with van der Waals surface area (Å²) in [5, 5.41) is 0. The van der Waals surface area contributed by atoms with Crippen molar-refractivity contribution < 1.29 is 22.7 Å². The molecule has 1 aliphatic carbocycles. The van der Waals surface area contributed by atoms with Crippen LogP contribution in [0.25, 0.3) is 11.1 Å². The maximum atomic E-state index is 12.6. The summed E-state index contributed by atoms with van der Waals surface area (Å²) >= 11 is 0. The molecule has 0 spiro atoms. The van der Waals surface area contributed by atoms with Crippen LogP contribution in [0.15, 0.2) is 48.5 Å². The van der Waals surface area contributed by atoms with Crippen LogP contribution in [0.4, 0.5) is 13.2 Å². The monoisotopic (exact) mass is 292 g/mol. The van der Waals surface area contributed by atoms with Crippen molar-refractivity contribution in [1.29, 1.82) is 0 Å². The molecule has 0 saturated carbocycles. The Morgan fingerprint density at radius 1 is 0.952 bits per heavy atom. The molecule has 0 aliphatic heterocycles. The minimum atomic E-state index is -5.02. The van der Waals surface area contributed by atoms with Crippen LogP contribution in [0.5, 0.6) is 0 Å². The van der Waals surface area contributed by atoms with Crippen molar-refractivity contribution in [3.05, 3.63) is 59.7 Å². The van der Waals surface area contributed by atoms with Gasteiger partial charge >= 0.3 is 12.1 Å². The summed E-state index contributed by atoms with van der Waals surface area (Å²) in [6, 6.07) is 14.0. The van der Waals surface area contributed by atoms with Crippen LogP contribution < -0.4 is 0 Å². The topological polar surface area (TPSA) is 26.3 Å². The first-order valence-corrected chi connectivity index (χ1v) is 6.33. The van der Waals surface area contributed by atoms with E-state index in [4.69, 9.17) is 4.74 Å². The molecule has 108 valence electrons. The van der Waals surface area contributed by atoms with Gasteiger partial charge in [-0.15, -0.1) is 0 Å². The number of fused-ring (bicyclic) bond motifs is 3. The molecule has 0 saturated heterocycles. The molecule has 0 bridgehead atoms. The van der Waals surface area contributed by atoms with Gasteiger partial charge in [0.25, 0.3) is 0 Å². The van der Waals surface area contributed by atoms with Crippen LogP contribution in [0.3, 0.4) is 0 Å². The second-order valence-electron chi connectivity index (χ2n) is 5.01. The zero-order valence-electron chi connectivity index (χ0n) is 11.1. The summed E-state index contributed by atoms with van der Waals surface area (Å²) in [7, 11) is 0. The third-order valence-corrected chi connectivity index (χ3v) is 3.70. The van der Waals surface area contributed by atoms with Crippen molar-refractivity contribution in [2.24, 2.45) is 0 Å². The second-order valence-corrected chi connectivity index (χ2v) is 5.01. The van der Waals surface area contributed by atoms with E-state index in [1.54, 1.807) is 48.5 Å². The second kappa shape index (κ2) is 4.35. The zero-order valence-corrected chi connectivity index (χ0v) is 11.1. The summed E-state index contributed by atoms with van der Waals surface area (Å²) in [5.74, 6) is -2.18. The number of esters is 1. The molecule has 0 heterocycles. The van der Waals surface area contributed by atoms with E-state index in [9.17, 15) is 18.0 Å². The quantitative estimate of drug-likeness (QED) is 0.742. The fraction of sp³-hybridized carbons (Fsp3) is 0.188. The number of benzene rings is 2. The molecule has 2 aromatic carbocycles. The number of hydrogen-bond donors (Lipinski definition) is 0. The maximum Gasteiger partial charge on any atom is 0.490 e. The Bertz CT molecular complexity index is 674. The van der Waals surface area contributed by atoms with E-state index in [2.05, 4.69) is 0 Å². The Balaban J connectivity index is 2.16. The van der Waals surface area contributed by atoms with E-state index in [0.717, 1.165) is 11.1 Å². The van der Waals surface area contributed by atoms with Gasteiger partial charge in [0.15, 0.2) is 5.60 Å². The Hall–Kier alpha value is -2.30. The van der Waals surface area contributed by atoms with Crippen LogP contribution in [0.1, 0.15) is 18.1 Å². The number of carbonyl (C=O) groups is 1. The molecule has 1 aliphatic rings. The van der Waals surface area contributed by atoms with E-state index in [1.165, 1.54) is 6.92 Å². The van der Waals surface area contributed by atoms with Gasteiger partial charge in [-0.05, 0) is 18.1 Å². The molecule has 0 unspecified atom stereocenters. The summed E-state index contributed by atoms with van der Waals surface area (Å²) in [6.45, 7) is 1.49. The number of rotatable bonds is 1. The highest BCUT2D eigenvalue weighted by Gasteiger charge is 2.49. The average molecular weight is 292 g/mol. The van der Waals surface area contributed by atoms with Crippen LogP contribution in [0, 0.1) is 0 Å². The molecule has 0 fully saturated rings. The van der Waals surface area contributed by atoms with Gasteiger partial charge in [-0.25, -0.2) is 4.79 Å². The first kappa shape index (κ1) is 13.7. The number of alkyl halides is 3. The fourth-order valence-electron chi connectivity index (χ4n) is 2.77. The molecule has 0 amide bonds. The van der Waals surface area contributed by atoms with Crippen LogP contribution in [0.2, 0.25) is 0 Å². The molecule has 2 aromatic rings. The van der Waals surface area contributed by atoms with Gasteiger partial charge in [-0.2, -0.15) is 13.2 Å². The average Bonchev–Trinajstić information content (AvgIpc) is 2.69. The zero-order chi connectivity index (χ0) is 15.3. The first-order chi connectivity index (χ1) is 9.84. The van der Waals surface area contributed by atoms with Crippen LogP contribution in [-0.2, 0) is 15.1 Å². The van der Waals surface area contributed by atoms with E-state index in [0.29, 0.717) is 11.1 Å². The lowest BCUT2D eigenvalue weighted by molar-refractivity contribution is -0.210. The molecule has 3 rings (SSSR count). The van der Waals surface area contributed by atoms with Gasteiger partial charge in [0, 0.05) is 11.1 Å². The SMILES string of the molecule is CC1(OC(=O)C(F)(F)F)c2ccccc2-c2ccccc21. The highest BCUT2D eigenvalue weighted by atomic mass is 19.4. The lowest BCUT2D eigenvalue weighted by atomic mass is 9.93. The van der Waals surface area contributed by atoms with E-state index < -0.39 is 17.7 Å². The number of carbonyl (C=O) groups excluding carboxylic acids is 1. The standard InChI is InChI=1S/C16H11F3O2/c1-15(21-14(20)16(17,18)19)12-8-4-2-6-10(12)11-7-3-5-9-13(11)15/h2-9H,1H3. The molecule has 0 N–H and O–H groups in total. The molecule has 2 nitrogen and oxygen atoms in total. The lowest BCUT2D eigenvalue weighted by Gasteiger charge is -2.27. The molecular formula is C16H11F3O2. The molecular weight excluding hydrogens is 281 g/mol. The minimum absolute atomic E-state index is 0.559. The van der Waals surface area contributed by atoms with Gasteiger partial charge < -0.3 is 4.74 Å². The summed E-state index contributed by atoms with van der Waals surface area (Å²) in [5.41, 5.74) is 1.25. The third-order valence-electron chi connectivity index (χ3n) is 3.70. The van der Waals surface area contributed by atoms with Gasteiger partial charge in [-0.1, -0.05) is 48.5 Å². The van der Waals surface area contributed by atoms with E-state index in [1.807, 2.05) is 0 Å². The van der Waals surface area contributed by atoms with Crippen molar-refractivity contribution in [3.8, 4) is 11.1 Å². The summed E-state index contributed by atoms with van der Waals surface area (Å²) in [4.78, 5) is 11.3. The Morgan fingerprint density at radius 3 is 1.81 bits per heavy atom. The number of hydrogen-bond acceptors (Lipinski definition) is 2. The van der Waals surface area contributed by atoms with Gasteiger partial charge in [0.2, 0.25) is 0 Å². The fourth-order valence-corrected chi connectivity index (χ4v) is 2.77. The van der Waals surface area contributed by atoms with Crippen molar-refractivity contribution in [2.45, 2.75) is 18.7 Å². The van der Waals surface area contributed by atoms with Crippen LogP contribution in [-0.4, -0.2) is 12.1 Å². The molecule has 0 radical (unpaired) electrons. The molecule has 0 aromatic heterocycles. The Labute approximate surface area is 119 Å². The lowest BCUT2D eigenvalue weighted by Crippen LogP contribution is -2.35. The maximum absolute atomic E-state index is 12.6. The van der Waals surface area contributed by atoms with E-state index >= 15 is 0 Å². The predicted octanol–water partition coefficient (Wildman–Crippen LogP) is 4.04.